The third kappa shape index (κ3) is 4.50. The Balaban J connectivity index is 1.83. The normalized spacial score (nSPS) is 18.5. The van der Waals surface area contributed by atoms with Crippen molar-refractivity contribution in [1.29, 1.82) is 0 Å². The third-order valence-corrected chi connectivity index (χ3v) is 5.49. The molecule has 1 aliphatic heterocycles. The highest BCUT2D eigenvalue weighted by molar-refractivity contribution is 5.98. The minimum Gasteiger partial charge on any atom is -0.375 e. The molecule has 0 aromatic heterocycles. The van der Waals surface area contributed by atoms with Crippen molar-refractivity contribution in [2.45, 2.75) is 51.7 Å². The lowest BCUT2D eigenvalue weighted by Crippen LogP contribution is -2.46. The van der Waals surface area contributed by atoms with Crippen LogP contribution in [0.1, 0.15) is 60.7 Å². The van der Waals surface area contributed by atoms with E-state index in [0.29, 0.717) is 24.2 Å². The van der Waals surface area contributed by atoms with Gasteiger partial charge in [-0.2, -0.15) is 0 Å². The molecule has 1 aliphatic rings. The maximum atomic E-state index is 13.1. The van der Waals surface area contributed by atoms with Gasteiger partial charge < -0.3 is 9.64 Å². The Kier molecular flexibility index (Phi) is 5.99. The van der Waals surface area contributed by atoms with E-state index in [1.165, 1.54) is 0 Å². The highest BCUT2D eigenvalue weighted by Crippen LogP contribution is 2.28. The van der Waals surface area contributed by atoms with Crippen LogP contribution < -0.4 is 0 Å². The Morgan fingerprint density at radius 1 is 1.07 bits per heavy atom. The topological polar surface area (TPSA) is 46.6 Å². The molecule has 2 aromatic carbocycles. The Bertz CT molecular complexity index is 872. The second-order valence-electron chi connectivity index (χ2n) is 8.11. The van der Waals surface area contributed by atoms with Crippen LogP contribution in [-0.2, 0) is 4.74 Å². The zero-order chi connectivity index (χ0) is 20.3. The molecule has 0 spiro atoms. The molecule has 1 saturated heterocycles. The first kappa shape index (κ1) is 20.3. The molecular formula is C24H29NO3. The minimum absolute atomic E-state index is 0.0188. The van der Waals surface area contributed by atoms with Gasteiger partial charge in [-0.3, -0.25) is 9.59 Å². The van der Waals surface area contributed by atoms with Gasteiger partial charge in [0.05, 0.1) is 5.60 Å². The smallest absolute Gasteiger partial charge is 0.253 e. The fourth-order valence-corrected chi connectivity index (χ4v) is 3.81. The van der Waals surface area contributed by atoms with Crippen molar-refractivity contribution in [2.75, 3.05) is 13.7 Å². The van der Waals surface area contributed by atoms with Gasteiger partial charge in [-0.1, -0.05) is 37.3 Å². The fraction of sp³-hybridized carbons (Fsp3) is 0.417. The third-order valence-electron chi connectivity index (χ3n) is 5.49. The molecule has 28 heavy (non-hydrogen) atoms. The van der Waals surface area contributed by atoms with Crippen molar-refractivity contribution < 1.29 is 14.3 Å². The quantitative estimate of drug-likeness (QED) is 0.689. The van der Waals surface area contributed by atoms with Crippen LogP contribution in [0.3, 0.4) is 0 Å². The van der Waals surface area contributed by atoms with E-state index in [9.17, 15) is 9.59 Å². The van der Waals surface area contributed by atoms with Crippen LogP contribution in [0.2, 0.25) is 0 Å². The summed E-state index contributed by atoms with van der Waals surface area (Å²) in [7, 11) is 1.88. The summed E-state index contributed by atoms with van der Waals surface area (Å²) >= 11 is 0. The minimum atomic E-state index is -0.203. The summed E-state index contributed by atoms with van der Waals surface area (Å²) in [5.41, 5.74) is 3.06. The molecule has 2 aromatic rings. The van der Waals surface area contributed by atoms with E-state index in [2.05, 4.69) is 13.8 Å². The van der Waals surface area contributed by atoms with Crippen LogP contribution in [0.15, 0.2) is 48.5 Å². The molecule has 4 nitrogen and oxygen atoms in total. The standard InChI is InChI=1S/C24H29NO3/c1-5-22(26)19-10-6-8-17(14-19)18-9-7-11-20(15-18)23(27)25(4)21-12-13-28-24(2,3)16-21/h6-11,14-15,21H,5,12-13,16H2,1-4H3. The number of ketones is 1. The number of hydrogen-bond donors (Lipinski definition) is 0. The molecule has 4 heteroatoms. The van der Waals surface area contributed by atoms with Gasteiger partial charge in [-0.05, 0) is 56.0 Å². The molecule has 1 atom stereocenters. The van der Waals surface area contributed by atoms with Gasteiger partial charge in [0.1, 0.15) is 0 Å². The lowest BCUT2D eigenvalue weighted by molar-refractivity contribution is -0.0756. The first-order chi connectivity index (χ1) is 13.3. The highest BCUT2D eigenvalue weighted by atomic mass is 16.5. The average Bonchev–Trinajstić information content (AvgIpc) is 2.71. The number of benzene rings is 2. The average molecular weight is 380 g/mol. The number of Topliss-reactive ketones (excluding diaryl/α,β-unsaturated/α-hetero) is 1. The molecule has 3 rings (SSSR count). The zero-order valence-electron chi connectivity index (χ0n) is 17.2. The van der Waals surface area contributed by atoms with Crippen LogP contribution in [0.5, 0.6) is 0 Å². The van der Waals surface area contributed by atoms with Crippen molar-refractivity contribution in [3.63, 3.8) is 0 Å². The summed E-state index contributed by atoms with van der Waals surface area (Å²) in [5, 5.41) is 0. The summed E-state index contributed by atoms with van der Waals surface area (Å²) in [6.45, 7) is 6.68. The van der Waals surface area contributed by atoms with Gasteiger partial charge in [0.15, 0.2) is 5.78 Å². The van der Waals surface area contributed by atoms with Crippen molar-refractivity contribution in [3.8, 4) is 11.1 Å². The first-order valence-corrected chi connectivity index (χ1v) is 9.95. The van der Waals surface area contributed by atoms with Gasteiger partial charge in [0.2, 0.25) is 0 Å². The number of carbonyl (C=O) groups is 2. The van der Waals surface area contributed by atoms with E-state index < -0.39 is 0 Å². The van der Waals surface area contributed by atoms with E-state index in [4.69, 9.17) is 4.74 Å². The largest absolute Gasteiger partial charge is 0.375 e. The van der Waals surface area contributed by atoms with Gasteiger partial charge in [-0.25, -0.2) is 0 Å². The van der Waals surface area contributed by atoms with Crippen LogP contribution >= 0.6 is 0 Å². The molecular weight excluding hydrogens is 350 g/mol. The lowest BCUT2D eigenvalue weighted by atomic mass is 9.92. The Labute approximate surface area is 167 Å². The summed E-state index contributed by atoms with van der Waals surface area (Å²) in [4.78, 5) is 27.0. The number of ether oxygens (including phenoxy) is 1. The fourth-order valence-electron chi connectivity index (χ4n) is 3.81. The molecule has 0 bridgehead atoms. The zero-order valence-corrected chi connectivity index (χ0v) is 17.2. The van der Waals surface area contributed by atoms with Crippen molar-refractivity contribution in [3.05, 3.63) is 59.7 Å². The van der Waals surface area contributed by atoms with Gasteiger partial charge >= 0.3 is 0 Å². The molecule has 148 valence electrons. The maximum absolute atomic E-state index is 13.1. The van der Waals surface area contributed by atoms with Crippen LogP contribution in [0, 0.1) is 0 Å². The molecule has 0 aliphatic carbocycles. The summed E-state index contributed by atoms with van der Waals surface area (Å²) in [6, 6.07) is 15.4. The maximum Gasteiger partial charge on any atom is 0.253 e. The van der Waals surface area contributed by atoms with Crippen molar-refractivity contribution >= 4 is 11.7 Å². The molecule has 0 N–H and O–H groups in total. The molecule has 0 saturated carbocycles. The number of hydrogen-bond acceptors (Lipinski definition) is 3. The second kappa shape index (κ2) is 8.27. The number of carbonyl (C=O) groups excluding carboxylic acids is 2. The van der Waals surface area contributed by atoms with E-state index in [0.717, 1.165) is 24.0 Å². The first-order valence-electron chi connectivity index (χ1n) is 9.95. The Hall–Kier alpha value is -2.46. The van der Waals surface area contributed by atoms with Crippen LogP contribution in [0.4, 0.5) is 0 Å². The van der Waals surface area contributed by atoms with Crippen molar-refractivity contribution in [2.24, 2.45) is 0 Å². The number of rotatable bonds is 5. The number of nitrogens with zero attached hydrogens (tertiary/aromatic N) is 1. The van der Waals surface area contributed by atoms with E-state index in [1.54, 1.807) is 0 Å². The van der Waals surface area contributed by atoms with E-state index in [1.807, 2.05) is 67.4 Å². The molecule has 1 unspecified atom stereocenters. The summed E-state index contributed by atoms with van der Waals surface area (Å²) in [5.74, 6) is 0.140. The predicted molar refractivity (Wildman–Crippen MR) is 112 cm³/mol. The van der Waals surface area contributed by atoms with Crippen LogP contribution in [-0.4, -0.2) is 41.9 Å². The second-order valence-corrected chi connectivity index (χ2v) is 8.11. The van der Waals surface area contributed by atoms with E-state index >= 15 is 0 Å². The molecule has 0 radical (unpaired) electrons. The van der Waals surface area contributed by atoms with Gasteiger partial charge in [0, 0.05) is 37.2 Å². The molecule has 1 amide bonds. The summed E-state index contributed by atoms with van der Waals surface area (Å²) in [6.07, 6.45) is 2.16. The number of amides is 1. The molecule has 1 heterocycles. The summed E-state index contributed by atoms with van der Waals surface area (Å²) < 4.78 is 5.78. The Morgan fingerprint density at radius 2 is 1.68 bits per heavy atom. The highest BCUT2D eigenvalue weighted by Gasteiger charge is 2.33. The lowest BCUT2D eigenvalue weighted by Gasteiger charge is -2.39. The predicted octanol–water partition coefficient (Wildman–Crippen LogP) is 4.98. The monoisotopic (exact) mass is 379 g/mol. The van der Waals surface area contributed by atoms with Crippen LogP contribution in [0.25, 0.3) is 11.1 Å². The van der Waals surface area contributed by atoms with E-state index in [-0.39, 0.29) is 23.3 Å². The van der Waals surface area contributed by atoms with Gasteiger partial charge in [-0.15, -0.1) is 0 Å². The SMILES string of the molecule is CCC(=O)c1cccc(-c2cccc(C(=O)N(C)C3CCOC(C)(C)C3)c2)c1. The van der Waals surface area contributed by atoms with Gasteiger partial charge in [0.25, 0.3) is 5.91 Å². The Morgan fingerprint density at radius 3 is 2.29 bits per heavy atom. The van der Waals surface area contributed by atoms with Crippen molar-refractivity contribution in [1.82, 2.24) is 4.90 Å². The molecule has 1 fully saturated rings.